The molecular formula is C20H36O2. The van der Waals surface area contributed by atoms with Crippen molar-refractivity contribution in [2.75, 3.05) is 0 Å². The lowest BCUT2D eigenvalue weighted by molar-refractivity contribution is -0.143. The first-order chi connectivity index (χ1) is 10.7. The van der Waals surface area contributed by atoms with E-state index in [-0.39, 0.29) is 5.92 Å². The average Bonchev–Trinajstić information content (AvgIpc) is 2.55. The van der Waals surface area contributed by atoms with E-state index in [1.54, 1.807) is 0 Å². The van der Waals surface area contributed by atoms with Gasteiger partial charge in [-0.3, -0.25) is 4.79 Å². The largest absolute Gasteiger partial charge is 0.481 e. The molecule has 0 spiro atoms. The molecule has 2 saturated carbocycles. The molecule has 0 unspecified atom stereocenters. The van der Waals surface area contributed by atoms with E-state index in [1.807, 2.05) is 0 Å². The summed E-state index contributed by atoms with van der Waals surface area (Å²) in [7, 11) is 0. The summed E-state index contributed by atoms with van der Waals surface area (Å²) in [6.45, 7) is 2.28. The predicted molar refractivity (Wildman–Crippen MR) is 91.9 cm³/mol. The van der Waals surface area contributed by atoms with E-state index in [9.17, 15) is 4.79 Å². The van der Waals surface area contributed by atoms with Gasteiger partial charge in [0, 0.05) is 0 Å². The molecule has 0 atom stereocenters. The molecule has 0 radical (unpaired) electrons. The first kappa shape index (κ1) is 17.8. The van der Waals surface area contributed by atoms with Crippen molar-refractivity contribution < 1.29 is 9.90 Å². The molecule has 0 aromatic rings. The van der Waals surface area contributed by atoms with Gasteiger partial charge in [0.1, 0.15) is 0 Å². The Balaban J connectivity index is 1.58. The van der Waals surface area contributed by atoms with Crippen LogP contribution in [-0.4, -0.2) is 11.1 Å². The smallest absolute Gasteiger partial charge is 0.306 e. The number of hydrogen-bond donors (Lipinski definition) is 1. The highest BCUT2D eigenvalue weighted by molar-refractivity contribution is 5.69. The van der Waals surface area contributed by atoms with Gasteiger partial charge in [0.05, 0.1) is 5.92 Å². The van der Waals surface area contributed by atoms with Crippen molar-refractivity contribution >= 4 is 5.97 Å². The van der Waals surface area contributed by atoms with Crippen LogP contribution < -0.4 is 0 Å². The minimum absolute atomic E-state index is 0.0456. The summed E-state index contributed by atoms with van der Waals surface area (Å²) in [5.74, 6) is 2.13. The summed E-state index contributed by atoms with van der Waals surface area (Å²) < 4.78 is 0. The molecular weight excluding hydrogens is 272 g/mol. The Morgan fingerprint density at radius 3 is 1.91 bits per heavy atom. The molecule has 0 aromatic carbocycles. The number of aliphatic carboxylic acids is 1. The highest BCUT2D eigenvalue weighted by atomic mass is 16.4. The number of hydrogen-bond acceptors (Lipinski definition) is 1. The first-order valence-corrected chi connectivity index (χ1v) is 9.93. The molecule has 0 aliphatic heterocycles. The second-order valence-electron chi connectivity index (χ2n) is 7.93. The van der Waals surface area contributed by atoms with E-state index in [0.29, 0.717) is 0 Å². The van der Waals surface area contributed by atoms with Crippen molar-refractivity contribution in [2.45, 2.75) is 96.8 Å². The van der Waals surface area contributed by atoms with Gasteiger partial charge in [0.15, 0.2) is 0 Å². The summed E-state index contributed by atoms with van der Waals surface area (Å²) >= 11 is 0. The molecule has 2 aliphatic carbocycles. The fraction of sp³-hybridized carbons (Fsp3) is 0.950. The number of carbonyl (C=O) groups is 1. The van der Waals surface area contributed by atoms with Gasteiger partial charge in [0.2, 0.25) is 0 Å². The monoisotopic (exact) mass is 308 g/mol. The van der Waals surface area contributed by atoms with Crippen LogP contribution in [0.3, 0.4) is 0 Å². The number of rotatable bonds is 8. The number of carboxylic acid groups (broad SMARTS) is 1. The van der Waals surface area contributed by atoms with Crippen molar-refractivity contribution in [1.29, 1.82) is 0 Å². The number of unbranched alkanes of at least 4 members (excludes halogenated alkanes) is 4. The van der Waals surface area contributed by atoms with Crippen molar-refractivity contribution in [3.8, 4) is 0 Å². The molecule has 128 valence electrons. The normalized spacial score (nSPS) is 32.8. The van der Waals surface area contributed by atoms with Crippen LogP contribution in [0.2, 0.25) is 0 Å². The molecule has 0 heterocycles. The fourth-order valence-corrected chi connectivity index (χ4v) is 4.82. The van der Waals surface area contributed by atoms with Crippen LogP contribution in [0.15, 0.2) is 0 Å². The molecule has 22 heavy (non-hydrogen) atoms. The Morgan fingerprint density at radius 1 is 0.818 bits per heavy atom. The van der Waals surface area contributed by atoms with E-state index >= 15 is 0 Å². The van der Waals surface area contributed by atoms with Crippen LogP contribution in [0.1, 0.15) is 96.8 Å². The van der Waals surface area contributed by atoms with Gasteiger partial charge in [-0.25, -0.2) is 0 Å². The lowest BCUT2D eigenvalue weighted by Crippen LogP contribution is -2.28. The van der Waals surface area contributed by atoms with E-state index in [2.05, 4.69) is 6.92 Å². The van der Waals surface area contributed by atoms with Gasteiger partial charge in [0.25, 0.3) is 0 Å². The maximum absolute atomic E-state index is 11.0. The molecule has 0 aromatic heterocycles. The minimum Gasteiger partial charge on any atom is -0.481 e. The molecule has 2 heteroatoms. The van der Waals surface area contributed by atoms with E-state index in [0.717, 1.165) is 30.6 Å². The second-order valence-corrected chi connectivity index (χ2v) is 7.93. The Kier molecular flexibility index (Phi) is 7.75. The van der Waals surface area contributed by atoms with Gasteiger partial charge in [-0.15, -0.1) is 0 Å². The highest BCUT2D eigenvalue weighted by Crippen LogP contribution is 2.42. The Bertz CT molecular complexity index is 310. The third-order valence-corrected chi connectivity index (χ3v) is 6.40. The minimum atomic E-state index is -0.565. The predicted octanol–water partition coefficient (Wildman–Crippen LogP) is 6.04. The lowest BCUT2D eigenvalue weighted by Gasteiger charge is -2.37. The molecule has 0 bridgehead atoms. The molecule has 2 nitrogen and oxygen atoms in total. The first-order valence-electron chi connectivity index (χ1n) is 9.93. The van der Waals surface area contributed by atoms with E-state index < -0.39 is 5.97 Å². The highest BCUT2D eigenvalue weighted by Gasteiger charge is 2.32. The maximum Gasteiger partial charge on any atom is 0.306 e. The van der Waals surface area contributed by atoms with Crippen molar-refractivity contribution in [1.82, 2.24) is 0 Å². The second kappa shape index (κ2) is 9.57. The molecule has 2 fully saturated rings. The zero-order valence-electron chi connectivity index (χ0n) is 14.6. The van der Waals surface area contributed by atoms with Crippen LogP contribution in [0.25, 0.3) is 0 Å². The molecule has 1 N–H and O–H groups in total. The SMILES string of the molecule is CCCCCCC[C@H]1CC[C@H](C2CCC(C(=O)O)CC2)CC1. The van der Waals surface area contributed by atoms with Gasteiger partial charge in [-0.1, -0.05) is 58.3 Å². The quantitative estimate of drug-likeness (QED) is 0.555. The van der Waals surface area contributed by atoms with Crippen molar-refractivity contribution in [3.63, 3.8) is 0 Å². The molecule has 2 aliphatic rings. The van der Waals surface area contributed by atoms with Crippen LogP contribution in [0, 0.1) is 23.7 Å². The number of carboxylic acids is 1. The lowest BCUT2D eigenvalue weighted by atomic mass is 9.68. The van der Waals surface area contributed by atoms with Gasteiger partial charge < -0.3 is 5.11 Å². The third kappa shape index (κ3) is 5.59. The standard InChI is InChI=1S/C20H36O2/c1-2-3-4-5-6-7-16-8-10-17(11-9-16)18-12-14-19(15-13-18)20(21)22/h16-19H,2-15H2,1H3,(H,21,22)/t16-,17-,18?,19?. The summed E-state index contributed by atoms with van der Waals surface area (Å²) in [5, 5.41) is 9.11. The molecule has 0 saturated heterocycles. The topological polar surface area (TPSA) is 37.3 Å². The Morgan fingerprint density at radius 2 is 1.36 bits per heavy atom. The van der Waals surface area contributed by atoms with E-state index in [1.165, 1.54) is 77.0 Å². The third-order valence-electron chi connectivity index (χ3n) is 6.40. The molecule has 2 rings (SSSR count). The van der Waals surface area contributed by atoms with Crippen LogP contribution >= 0.6 is 0 Å². The van der Waals surface area contributed by atoms with Crippen molar-refractivity contribution in [2.24, 2.45) is 23.7 Å². The maximum atomic E-state index is 11.0. The van der Waals surface area contributed by atoms with Crippen molar-refractivity contribution in [3.05, 3.63) is 0 Å². The van der Waals surface area contributed by atoms with Crippen LogP contribution in [0.4, 0.5) is 0 Å². The summed E-state index contributed by atoms with van der Waals surface area (Å²) in [6, 6.07) is 0. The summed E-state index contributed by atoms with van der Waals surface area (Å²) in [6.07, 6.45) is 18.4. The van der Waals surface area contributed by atoms with Crippen LogP contribution in [-0.2, 0) is 4.79 Å². The Hall–Kier alpha value is -0.530. The zero-order valence-corrected chi connectivity index (χ0v) is 14.6. The fourth-order valence-electron chi connectivity index (χ4n) is 4.82. The van der Waals surface area contributed by atoms with Gasteiger partial charge in [-0.2, -0.15) is 0 Å². The zero-order chi connectivity index (χ0) is 15.8. The summed E-state index contributed by atoms with van der Waals surface area (Å²) in [5.41, 5.74) is 0. The van der Waals surface area contributed by atoms with E-state index in [4.69, 9.17) is 5.11 Å². The summed E-state index contributed by atoms with van der Waals surface area (Å²) in [4.78, 5) is 11.0. The average molecular weight is 309 g/mol. The van der Waals surface area contributed by atoms with Gasteiger partial charge >= 0.3 is 5.97 Å². The Labute approximate surface area is 137 Å². The van der Waals surface area contributed by atoms with Gasteiger partial charge in [-0.05, 0) is 56.3 Å². The molecule has 0 amide bonds. The van der Waals surface area contributed by atoms with Crippen LogP contribution in [0.5, 0.6) is 0 Å².